The van der Waals surface area contributed by atoms with Crippen molar-refractivity contribution >= 4 is 17.5 Å². The fourth-order valence-electron chi connectivity index (χ4n) is 1.23. The molecule has 0 saturated heterocycles. The lowest BCUT2D eigenvalue weighted by Gasteiger charge is -2.11. The fraction of sp³-hybridized carbons (Fsp3) is 0.364. The number of para-hydroxylation sites is 1. The summed E-state index contributed by atoms with van der Waals surface area (Å²) >= 11 is 5.39. The largest absolute Gasteiger partial charge is 0.434 e. The first kappa shape index (κ1) is 13.7. The number of hydrogen-bond donors (Lipinski definition) is 1. The van der Waals surface area contributed by atoms with Gasteiger partial charge in [0.05, 0.1) is 0 Å². The summed E-state index contributed by atoms with van der Waals surface area (Å²) in [6, 6.07) is 6.30. The second-order valence-corrected chi connectivity index (χ2v) is 3.58. The molecule has 0 heterocycles. The van der Waals surface area contributed by atoms with E-state index >= 15 is 0 Å². The summed E-state index contributed by atoms with van der Waals surface area (Å²) in [6.07, 6.45) is 0.194. The molecule has 0 aliphatic heterocycles. The van der Waals surface area contributed by atoms with Crippen LogP contribution in [0.25, 0.3) is 0 Å². The van der Waals surface area contributed by atoms with Gasteiger partial charge in [0.25, 0.3) is 0 Å². The number of amides is 1. The summed E-state index contributed by atoms with van der Waals surface area (Å²) in [7, 11) is 0. The molecule has 0 saturated carbocycles. The van der Waals surface area contributed by atoms with E-state index in [9.17, 15) is 13.6 Å². The Morgan fingerprint density at radius 2 is 2.12 bits per heavy atom. The van der Waals surface area contributed by atoms with Crippen molar-refractivity contribution in [1.82, 2.24) is 5.32 Å². The molecule has 1 aromatic rings. The molecule has 0 spiro atoms. The van der Waals surface area contributed by atoms with E-state index in [-0.39, 0.29) is 30.5 Å². The first-order chi connectivity index (χ1) is 8.13. The zero-order valence-corrected chi connectivity index (χ0v) is 9.71. The van der Waals surface area contributed by atoms with Gasteiger partial charge >= 0.3 is 6.61 Å². The molecule has 0 atom stereocenters. The number of nitrogens with one attached hydrogen (secondary N) is 1. The first-order valence-electron chi connectivity index (χ1n) is 4.99. The number of carbonyl (C=O) groups excluding carboxylic acids is 1. The van der Waals surface area contributed by atoms with Gasteiger partial charge in [-0.2, -0.15) is 8.78 Å². The fourth-order valence-corrected chi connectivity index (χ4v) is 1.40. The molecule has 1 aromatic carbocycles. The van der Waals surface area contributed by atoms with Gasteiger partial charge in [-0.1, -0.05) is 18.2 Å². The highest BCUT2D eigenvalue weighted by atomic mass is 35.5. The zero-order valence-electron chi connectivity index (χ0n) is 8.96. The van der Waals surface area contributed by atoms with Gasteiger partial charge in [-0.15, -0.1) is 11.6 Å². The van der Waals surface area contributed by atoms with Crippen LogP contribution in [0.1, 0.15) is 12.0 Å². The SMILES string of the molecule is O=C(CCCl)NCc1ccccc1OC(F)F. The zero-order chi connectivity index (χ0) is 12.7. The lowest BCUT2D eigenvalue weighted by molar-refractivity contribution is -0.120. The van der Waals surface area contributed by atoms with Crippen molar-refractivity contribution in [3.63, 3.8) is 0 Å². The van der Waals surface area contributed by atoms with Crippen molar-refractivity contribution in [3.05, 3.63) is 29.8 Å². The van der Waals surface area contributed by atoms with E-state index in [1.54, 1.807) is 18.2 Å². The smallest absolute Gasteiger partial charge is 0.387 e. The molecule has 0 aliphatic rings. The monoisotopic (exact) mass is 263 g/mol. The predicted octanol–water partition coefficient (Wildman–Crippen LogP) is 2.53. The van der Waals surface area contributed by atoms with Gasteiger partial charge in [-0.3, -0.25) is 4.79 Å². The van der Waals surface area contributed by atoms with Crippen LogP contribution in [0.2, 0.25) is 0 Å². The number of halogens is 3. The molecule has 0 aromatic heterocycles. The van der Waals surface area contributed by atoms with Gasteiger partial charge in [0.15, 0.2) is 0 Å². The Balaban J connectivity index is 2.60. The van der Waals surface area contributed by atoms with E-state index in [0.29, 0.717) is 5.56 Å². The standard InChI is InChI=1S/C11H12ClF2NO2/c12-6-5-10(16)15-7-8-3-1-2-4-9(8)17-11(13)14/h1-4,11H,5-7H2,(H,15,16). The molecule has 0 bridgehead atoms. The Kier molecular flexibility index (Phi) is 5.69. The molecule has 1 amide bonds. The normalized spacial score (nSPS) is 10.4. The molecule has 0 aliphatic carbocycles. The Morgan fingerprint density at radius 1 is 1.41 bits per heavy atom. The first-order valence-corrected chi connectivity index (χ1v) is 5.52. The third-order valence-electron chi connectivity index (χ3n) is 1.99. The van der Waals surface area contributed by atoms with Crippen LogP contribution in [0.3, 0.4) is 0 Å². The second-order valence-electron chi connectivity index (χ2n) is 3.20. The highest BCUT2D eigenvalue weighted by Gasteiger charge is 2.09. The number of alkyl halides is 3. The van der Waals surface area contributed by atoms with Crippen LogP contribution in [-0.4, -0.2) is 18.4 Å². The second kappa shape index (κ2) is 7.06. The molecule has 1 N–H and O–H groups in total. The van der Waals surface area contributed by atoms with Crippen LogP contribution in [0.15, 0.2) is 24.3 Å². The number of ether oxygens (including phenoxy) is 1. The summed E-state index contributed by atoms with van der Waals surface area (Å²) in [5.74, 6) is 0.0570. The molecule has 94 valence electrons. The maximum Gasteiger partial charge on any atom is 0.387 e. The lowest BCUT2D eigenvalue weighted by Crippen LogP contribution is -2.23. The highest BCUT2D eigenvalue weighted by molar-refractivity contribution is 6.18. The van der Waals surface area contributed by atoms with Gasteiger partial charge in [0, 0.05) is 24.4 Å². The van der Waals surface area contributed by atoms with E-state index in [2.05, 4.69) is 10.1 Å². The van der Waals surface area contributed by atoms with Crippen molar-refractivity contribution in [2.75, 3.05) is 5.88 Å². The maximum absolute atomic E-state index is 12.1. The minimum Gasteiger partial charge on any atom is -0.434 e. The van der Waals surface area contributed by atoms with Crippen LogP contribution >= 0.6 is 11.6 Å². The summed E-state index contributed by atoms with van der Waals surface area (Å²) in [5.41, 5.74) is 0.496. The Morgan fingerprint density at radius 3 is 2.76 bits per heavy atom. The summed E-state index contributed by atoms with van der Waals surface area (Å²) in [5, 5.41) is 2.57. The molecule has 0 fully saturated rings. The van der Waals surface area contributed by atoms with Gasteiger partial charge in [-0.25, -0.2) is 0 Å². The molecule has 17 heavy (non-hydrogen) atoms. The Bertz CT molecular complexity index is 374. The van der Waals surface area contributed by atoms with Crippen molar-refractivity contribution in [2.45, 2.75) is 19.6 Å². The van der Waals surface area contributed by atoms with Gasteiger partial charge in [0.1, 0.15) is 5.75 Å². The van der Waals surface area contributed by atoms with E-state index < -0.39 is 6.61 Å². The highest BCUT2D eigenvalue weighted by Crippen LogP contribution is 2.19. The molecule has 0 unspecified atom stereocenters. The average Bonchev–Trinajstić information content (AvgIpc) is 2.27. The Hall–Kier alpha value is -1.36. The molecular formula is C11H12ClF2NO2. The topological polar surface area (TPSA) is 38.3 Å². The van der Waals surface area contributed by atoms with Crippen molar-refractivity contribution in [1.29, 1.82) is 0 Å². The number of benzene rings is 1. The Labute approximate surface area is 103 Å². The van der Waals surface area contributed by atoms with Crippen LogP contribution in [0, 0.1) is 0 Å². The summed E-state index contributed by atoms with van der Waals surface area (Å²) in [4.78, 5) is 11.2. The molecular weight excluding hydrogens is 252 g/mol. The average molecular weight is 264 g/mol. The molecule has 6 heteroatoms. The van der Waals surface area contributed by atoms with Gasteiger partial charge < -0.3 is 10.1 Å². The lowest BCUT2D eigenvalue weighted by atomic mass is 10.2. The van der Waals surface area contributed by atoms with Crippen molar-refractivity contribution in [3.8, 4) is 5.75 Å². The third-order valence-corrected chi connectivity index (χ3v) is 2.18. The van der Waals surface area contributed by atoms with E-state index in [1.807, 2.05) is 0 Å². The minimum atomic E-state index is -2.88. The van der Waals surface area contributed by atoms with Gasteiger partial charge in [0.2, 0.25) is 5.91 Å². The predicted molar refractivity (Wildman–Crippen MR) is 60.3 cm³/mol. The minimum absolute atomic E-state index is 0.0636. The van der Waals surface area contributed by atoms with E-state index in [1.165, 1.54) is 6.07 Å². The quantitative estimate of drug-likeness (QED) is 0.801. The summed E-state index contributed by atoms with van der Waals surface area (Å²) < 4.78 is 28.5. The third kappa shape index (κ3) is 4.99. The van der Waals surface area contributed by atoms with E-state index in [4.69, 9.17) is 11.6 Å². The van der Waals surface area contributed by atoms with Crippen LogP contribution in [-0.2, 0) is 11.3 Å². The number of carbonyl (C=O) groups is 1. The summed E-state index contributed by atoms with van der Waals surface area (Å²) in [6.45, 7) is -2.74. The van der Waals surface area contributed by atoms with E-state index in [0.717, 1.165) is 0 Å². The van der Waals surface area contributed by atoms with Crippen LogP contribution in [0.4, 0.5) is 8.78 Å². The van der Waals surface area contributed by atoms with Crippen LogP contribution in [0.5, 0.6) is 5.75 Å². The van der Waals surface area contributed by atoms with Gasteiger partial charge in [-0.05, 0) is 6.07 Å². The van der Waals surface area contributed by atoms with Crippen LogP contribution < -0.4 is 10.1 Å². The molecule has 1 rings (SSSR count). The molecule has 0 radical (unpaired) electrons. The van der Waals surface area contributed by atoms with Crippen molar-refractivity contribution in [2.24, 2.45) is 0 Å². The number of hydrogen-bond acceptors (Lipinski definition) is 2. The number of rotatable bonds is 6. The van der Waals surface area contributed by atoms with Crippen molar-refractivity contribution < 1.29 is 18.3 Å². The maximum atomic E-state index is 12.1. The molecule has 3 nitrogen and oxygen atoms in total.